The number of aliphatic carboxylic acids is 1. The van der Waals surface area contributed by atoms with Crippen LogP contribution in [0, 0.1) is 6.92 Å². The minimum atomic E-state index is -0.928. The average molecular weight is 360 g/mol. The van der Waals surface area contributed by atoms with E-state index in [1.54, 1.807) is 11.3 Å². The quantitative estimate of drug-likeness (QED) is 0.642. The van der Waals surface area contributed by atoms with E-state index in [1.807, 2.05) is 55.6 Å². The molecule has 0 fully saturated rings. The zero-order valence-corrected chi connectivity index (χ0v) is 15.3. The molecule has 0 spiro atoms. The Bertz CT molecular complexity index is 683. The van der Waals surface area contributed by atoms with Crippen molar-refractivity contribution in [3.63, 3.8) is 0 Å². The SMILES string of the molecule is CCCC(NCC(=O)NC(c1ccc(C)cc1)c1cccs1)C(=O)O. The van der Waals surface area contributed by atoms with Crippen LogP contribution in [0.5, 0.6) is 0 Å². The van der Waals surface area contributed by atoms with Crippen molar-refractivity contribution in [2.75, 3.05) is 6.54 Å². The average Bonchev–Trinajstić information content (AvgIpc) is 3.11. The van der Waals surface area contributed by atoms with Gasteiger partial charge in [-0.05, 0) is 30.4 Å². The number of rotatable bonds is 9. The molecule has 0 aliphatic carbocycles. The molecule has 5 nitrogen and oxygen atoms in total. The topological polar surface area (TPSA) is 78.4 Å². The Morgan fingerprint density at radius 2 is 1.92 bits per heavy atom. The van der Waals surface area contributed by atoms with Gasteiger partial charge in [-0.1, -0.05) is 49.2 Å². The van der Waals surface area contributed by atoms with Gasteiger partial charge < -0.3 is 10.4 Å². The van der Waals surface area contributed by atoms with Crippen LogP contribution in [0.1, 0.15) is 41.8 Å². The molecule has 2 unspecified atom stereocenters. The maximum absolute atomic E-state index is 12.4. The highest BCUT2D eigenvalue weighted by molar-refractivity contribution is 7.10. The van der Waals surface area contributed by atoms with Gasteiger partial charge in [0.1, 0.15) is 6.04 Å². The number of amides is 1. The second-order valence-electron chi connectivity index (χ2n) is 5.99. The summed E-state index contributed by atoms with van der Waals surface area (Å²) in [6.45, 7) is 3.92. The number of hydrogen-bond acceptors (Lipinski definition) is 4. The molecule has 0 aliphatic rings. The maximum Gasteiger partial charge on any atom is 0.320 e. The summed E-state index contributed by atoms with van der Waals surface area (Å²) in [7, 11) is 0. The summed E-state index contributed by atoms with van der Waals surface area (Å²) in [5.74, 6) is -1.15. The molecule has 1 aromatic carbocycles. The fourth-order valence-corrected chi connectivity index (χ4v) is 3.37. The largest absolute Gasteiger partial charge is 0.480 e. The first-order valence-electron chi connectivity index (χ1n) is 8.36. The number of carbonyl (C=O) groups is 2. The van der Waals surface area contributed by atoms with Crippen LogP contribution in [0.4, 0.5) is 0 Å². The molecule has 2 atom stereocenters. The van der Waals surface area contributed by atoms with Gasteiger partial charge in [-0.3, -0.25) is 14.9 Å². The Morgan fingerprint density at radius 1 is 1.20 bits per heavy atom. The van der Waals surface area contributed by atoms with E-state index in [9.17, 15) is 9.59 Å². The van der Waals surface area contributed by atoms with Gasteiger partial charge in [-0.2, -0.15) is 0 Å². The highest BCUT2D eigenvalue weighted by atomic mass is 32.1. The van der Waals surface area contributed by atoms with Crippen molar-refractivity contribution in [1.82, 2.24) is 10.6 Å². The molecule has 1 heterocycles. The van der Waals surface area contributed by atoms with Crippen LogP contribution in [0.25, 0.3) is 0 Å². The van der Waals surface area contributed by atoms with E-state index in [0.29, 0.717) is 6.42 Å². The molecule has 3 N–H and O–H groups in total. The van der Waals surface area contributed by atoms with Crippen molar-refractivity contribution in [3.8, 4) is 0 Å². The van der Waals surface area contributed by atoms with E-state index in [-0.39, 0.29) is 18.5 Å². The standard InChI is InChI=1S/C19H24N2O3S/c1-3-5-15(19(23)24)20-12-17(22)21-18(16-6-4-11-25-16)14-9-7-13(2)8-10-14/h4,6-11,15,18,20H,3,5,12H2,1-2H3,(H,21,22)(H,23,24). The van der Waals surface area contributed by atoms with Gasteiger partial charge in [-0.25, -0.2) is 0 Å². The molecule has 0 radical (unpaired) electrons. The summed E-state index contributed by atoms with van der Waals surface area (Å²) >= 11 is 1.58. The van der Waals surface area contributed by atoms with Gasteiger partial charge in [0, 0.05) is 4.88 Å². The molecule has 0 saturated heterocycles. The summed E-state index contributed by atoms with van der Waals surface area (Å²) in [6.07, 6.45) is 1.24. The number of carboxylic acid groups (broad SMARTS) is 1. The van der Waals surface area contributed by atoms with Gasteiger partial charge in [0.25, 0.3) is 0 Å². The van der Waals surface area contributed by atoms with E-state index in [4.69, 9.17) is 5.11 Å². The lowest BCUT2D eigenvalue weighted by Gasteiger charge is -2.20. The minimum Gasteiger partial charge on any atom is -0.480 e. The van der Waals surface area contributed by atoms with Crippen LogP contribution < -0.4 is 10.6 Å². The van der Waals surface area contributed by atoms with E-state index >= 15 is 0 Å². The van der Waals surface area contributed by atoms with E-state index in [1.165, 1.54) is 0 Å². The normalized spacial score (nSPS) is 13.2. The number of thiophene rings is 1. The van der Waals surface area contributed by atoms with Crippen LogP contribution in [0.2, 0.25) is 0 Å². The number of benzene rings is 1. The third-order valence-electron chi connectivity index (χ3n) is 3.93. The van der Waals surface area contributed by atoms with Crippen molar-refractivity contribution in [3.05, 3.63) is 57.8 Å². The lowest BCUT2D eigenvalue weighted by Crippen LogP contribution is -2.43. The second-order valence-corrected chi connectivity index (χ2v) is 6.97. The molecule has 2 rings (SSSR count). The van der Waals surface area contributed by atoms with Crippen LogP contribution in [0.15, 0.2) is 41.8 Å². The predicted molar refractivity (Wildman–Crippen MR) is 99.8 cm³/mol. The van der Waals surface area contributed by atoms with E-state index < -0.39 is 12.0 Å². The fraction of sp³-hybridized carbons (Fsp3) is 0.368. The highest BCUT2D eigenvalue weighted by Crippen LogP contribution is 2.26. The van der Waals surface area contributed by atoms with Gasteiger partial charge in [0.05, 0.1) is 12.6 Å². The fourth-order valence-electron chi connectivity index (χ4n) is 2.56. The Labute approximate surface area is 152 Å². The number of hydrogen-bond donors (Lipinski definition) is 3. The molecule has 0 aliphatic heterocycles. The minimum absolute atomic E-state index is 0.0231. The van der Waals surface area contributed by atoms with Crippen LogP contribution in [0.3, 0.4) is 0 Å². The van der Waals surface area contributed by atoms with Crippen molar-refractivity contribution < 1.29 is 14.7 Å². The van der Waals surface area contributed by atoms with Crippen molar-refractivity contribution >= 4 is 23.2 Å². The smallest absolute Gasteiger partial charge is 0.320 e. The van der Waals surface area contributed by atoms with Crippen LogP contribution >= 0.6 is 11.3 Å². The van der Waals surface area contributed by atoms with Gasteiger partial charge in [-0.15, -0.1) is 11.3 Å². The van der Waals surface area contributed by atoms with Crippen molar-refractivity contribution in [2.24, 2.45) is 0 Å². The molecule has 0 bridgehead atoms. The third-order valence-corrected chi connectivity index (χ3v) is 4.87. The second kappa shape index (κ2) is 9.34. The Hall–Kier alpha value is -2.18. The zero-order chi connectivity index (χ0) is 18.2. The number of carboxylic acids is 1. The summed E-state index contributed by atoms with van der Waals surface area (Å²) in [6, 6.07) is 11.0. The molecule has 1 amide bonds. The van der Waals surface area contributed by atoms with Gasteiger partial charge >= 0.3 is 5.97 Å². The summed E-state index contributed by atoms with van der Waals surface area (Å²) < 4.78 is 0. The summed E-state index contributed by atoms with van der Waals surface area (Å²) in [5.41, 5.74) is 2.16. The third kappa shape index (κ3) is 5.69. The van der Waals surface area contributed by atoms with Crippen molar-refractivity contribution in [2.45, 2.75) is 38.8 Å². The van der Waals surface area contributed by atoms with Crippen molar-refractivity contribution in [1.29, 1.82) is 0 Å². The molecule has 25 heavy (non-hydrogen) atoms. The summed E-state index contributed by atoms with van der Waals surface area (Å²) in [4.78, 5) is 24.6. The lowest BCUT2D eigenvalue weighted by atomic mass is 10.0. The van der Waals surface area contributed by atoms with Crippen LogP contribution in [-0.4, -0.2) is 29.6 Å². The molecule has 0 saturated carbocycles. The molecule has 1 aromatic heterocycles. The predicted octanol–water partition coefficient (Wildman–Crippen LogP) is 3.11. The molecular formula is C19H24N2O3S. The van der Waals surface area contributed by atoms with Crippen LogP contribution in [-0.2, 0) is 9.59 Å². The number of aryl methyl sites for hydroxylation is 1. The molecule has 134 valence electrons. The summed E-state index contributed by atoms with van der Waals surface area (Å²) in [5, 5.41) is 17.0. The number of nitrogens with one attached hydrogen (secondary N) is 2. The van der Waals surface area contributed by atoms with E-state index in [2.05, 4.69) is 10.6 Å². The lowest BCUT2D eigenvalue weighted by molar-refractivity contribution is -0.139. The van der Waals surface area contributed by atoms with Gasteiger partial charge in [0.2, 0.25) is 5.91 Å². The first-order chi connectivity index (χ1) is 12.0. The first kappa shape index (κ1) is 19.1. The molecular weight excluding hydrogens is 336 g/mol. The first-order valence-corrected chi connectivity index (χ1v) is 9.24. The zero-order valence-electron chi connectivity index (χ0n) is 14.5. The maximum atomic E-state index is 12.4. The van der Waals surface area contributed by atoms with Gasteiger partial charge in [0.15, 0.2) is 0 Å². The molecule has 2 aromatic rings. The Kier molecular flexibility index (Phi) is 7.16. The monoisotopic (exact) mass is 360 g/mol. The Balaban J connectivity index is 2.05. The Morgan fingerprint density at radius 3 is 2.48 bits per heavy atom. The molecule has 6 heteroatoms. The van der Waals surface area contributed by atoms with E-state index in [0.717, 1.165) is 22.4 Å². The highest BCUT2D eigenvalue weighted by Gasteiger charge is 2.20. The number of carbonyl (C=O) groups excluding carboxylic acids is 1.